The molecule has 1 aromatic rings. The molecule has 5 nitrogen and oxygen atoms in total. The van der Waals surface area contributed by atoms with Gasteiger partial charge in [-0.15, -0.1) is 0 Å². The maximum Gasteiger partial charge on any atom is 0.191 e. The monoisotopic (exact) mass is 350 g/mol. The van der Waals surface area contributed by atoms with Gasteiger partial charge < -0.3 is 20.0 Å². The molecule has 0 aliphatic heterocycles. The molecule has 1 unspecified atom stereocenters. The van der Waals surface area contributed by atoms with Crippen molar-refractivity contribution in [2.45, 2.75) is 65.8 Å². The van der Waals surface area contributed by atoms with E-state index >= 15 is 0 Å². The predicted molar refractivity (Wildman–Crippen MR) is 107 cm³/mol. The molecule has 1 heterocycles. The lowest BCUT2D eigenvalue weighted by molar-refractivity contribution is 0.292. The first kappa shape index (κ1) is 21.6. The van der Waals surface area contributed by atoms with Crippen LogP contribution in [-0.2, 0) is 6.42 Å². The Hall–Kier alpha value is -1.49. The minimum absolute atomic E-state index is 0.423. The van der Waals surface area contributed by atoms with Gasteiger partial charge in [-0.2, -0.15) is 0 Å². The van der Waals surface area contributed by atoms with E-state index in [1.165, 1.54) is 19.4 Å². The van der Waals surface area contributed by atoms with Crippen LogP contribution < -0.4 is 10.6 Å². The second kappa shape index (κ2) is 13.8. The molecule has 0 aromatic carbocycles. The summed E-state index contributed by atoms with van der Waals surface area (Å²) in [6, 6.07) is 4.37. The molecule has 25 heavy (non-hydrogen) atoms. The number of hydrogen-bond donors (Lipinski definition) is 2. The Labute approximate surface area is 154 Å². The molecule has 5 heteroatoms. The molecule has 1 rings (SSSR count). The average molecular weight is 351 g/mol. The topological polar surface area (TPSA) is 52.8 Å². The van der Waals surface area contributed by atoms with E-state index in [1.807, 2.05) is 12.1 Å². The van der Waals surface area contributed by atoms with Gasteiger partial charge in [0.05, 0.1) is 6.26 Å². The van der Waals surface area contributed by atoms with Crippen LogP contribution in [-0.4, -0.2) is 49.6 Å². The van der Waals surface area contributed by atoms with E-state index in [9.17, 15) is 0 Å². The summed E-state index contributed by atoms with van der Waals surface area (Å²) in [5.41, 5.74) is 0. The van der Waals surface area contributed by atoms with Gasteiger partial charge >= 0.3 is 0 Å². The Morgan fingerprint density at radius 3 is 2.68 bits per heavy atom. The Morgan fingerprint density at radius 1 is 1.24 bits per heavy atom. The van der Waals surface area contributed by atoms with Crippen LogP contribution in [0.4, 0.5) is 0 Å². The number of aliphatic imine (C=N–C) groups is 1. The lowest BCUT2D eigenvalue weighted by atomic mass is 10.2. The van der Waals surface area contributed by atoms with E-state index < -0.39 is 0 Å². The molecule has 1 atom stereocenters. The van der Waals surface area contributed by atoms with Gasteiger partial charge in [-0.3, -0.25) is 4.99 Å². The van der Waals surface area contributed by atoms with E-state index in [2.05, 4.69) is 43.2 Å². The van der Waals surface area contributed by atoms with Crippen LogP contribution in [0.2, 0.25) is 0 Å². The number of furan rings is 1. The molecule has 1 aromatic heterocycles. The zero-order valence-electron chi connectivity index (χ0n) is 16.7. The average Bonchev–Trinajstić information content (AvgIpc) is 3.12. The third-order valence-corrected chi connectivity index (χ3v) is 4.41. The highest BCUT2D eigenvalue weighted by atomic mass is 16.3. The van der Waals surface area contributed by atoms with Crippen molar-refractivity contribution in [2.75, 3.05) is 32.7 Å². The molecule has 0 bridgehead atoms. The number of nitrogens with one attached hydrogen (secondary N) is 2. The Morgan fingerprint density at radius 2 is 2.04 bits per heavy atom. The summed E-state index contributed by atoms with van der Waals surface area (Å²) in [5, 5.41) is 6.99. The third-order valence-electron chi connectivity index (χ3n) is 4.41. The summed E-state index contributed by atoms with van der Waals surface area (Å²) in [6.07, 6.45) is 7.26. The summed E-state index contributed by atoms with van der Waals surface area (Å²) < 4.78 is 5.39. The van der Waals surface area contributed by atoms with Crippen molar-refractivity contribution >= 4 is 5.96 Å². The lowest BCUT2D eigenvalue weighted by Gasteiger charge is -2.21. The molecule has 0 aliphatic carbocycles. The van der Waals surface area contributed by atoms with E-state index in [-0.39, 0.29) is 0 Å². The normalized spacial score (nSPS) is 13.2. The lowest BCUT2D eigenvalue weighted by Crippen LogP contribution is -2.43. The molecule has 0 saturated carbocycles. The second-order valence-corrected chi connectivity index (χ2v) is 6.55. The van der Waals surface area contributed by atoms with Gasteiger partial charge in [-0.25, -0.2) is 0 Å². The predicted octanol–water partition coefficient (Wildman–Crippen LogP) is 3.67. The van der Waals surface area contributed by atoms with Gasteiger partial charge in [0.1, 0.15) is 5.76 Å². The zero-order chi connectivity index (χ0) is 18.3. The van der Waals surface area contributed by atoms with Crippen LogP contribution in [0, 0.1) is 0 Å². The molecule has 0 radical (unpaired) electrons. The third kappa shape index (κ3) is 10.2. The first-order valence-electron chi connectivity index (χ1n) is 9.99. The number of nitrogens with zero attached hydrogens (tertiary/aromatic N) is 2. The van der Waals surface area contributed by atoms with Crippen molar-refractivity contribution in [3.05, 3.63) is 24.2 Å². The summed E-state index contributed by atoms with van der Waals surface area (Å²) in [4.78, 5) is 7.18. The fraction of sp³-hybridized carbons (Fsp3) is 0.750. The Bertz CT molecular complexity index is 441. The van der Waals surface area contributed by atoms with Crippen LogP contribution in [0.1, 0.15) is 59.1 Å². The fourth-order valence-corrected chi connectivity index (χ4v) is 2.73. The minimum atomic E-state index is 0.423. The first-order chi connectivity index (χ1) is 12.2. The van der Waals surface area contributed by atoms with Crippen LogP contribution in [0.5, 0.6) is 0 Å². The van der Waals surface area contributed by atoms with Gasteiger partial charge in [-0.05, 0) is 58.0 Å². The highest BCUT2D eigenvalue weighted by Crippen LogP contribution is 2.01. The zero-order valence-corrected chi connectivity index (χ0v) is 16.7. The SMILES string of the molecule is CCCCN=C(NCCc1ccco1)NC(C)CCCN(CC)CC. The highest BCUT2D eigenvalue weighted by Gasteiger charge is 2.07. The maximum atomic E-state index is 5.39. The molecular weight excluding hydrogens is 312 g/mol. The van der Waals surface area contributed by atoms with Crippen molar-refractivity contribution in [1.82, 2.24) is 15.5 Å². The van der Waals surface area contributed by atoms with E-state index in [1.54, 1.807) is 6.26 Å². The van der Waals surface area contributed by atoms with Crippen LogP contribution in [0.25, 0.3) is 0 Å². The first-order valence-corrected chi connectivity index (χ1v) is 9.99. The molecule has 0 aliphatic rings. The van der Waals surface area contributed by atoms with Gasteiger partial charge in [0.15, 0.2) is 5.96 Å². The summed E-state index contributed by atoms with van der Waals surface area (Å²) in [7, 11) is 0. The smallest absolute Gasteiger partial charge is 0.191 e. The number of unbranched alkanes of at least 4 members (excludes halogenated alkanes) is 1. The molecule has 2 N–H and O–H groups in total. The van der Waals surface area contributed by atoms with E-state index in [0.29, 0.717) is 6.04 Å². The molecule has 0 saturated heterocycles. The largest absolute Gasteiger partial charge is 0.469 e. The van der Waals surface area contributed by atoms with Crippen molar-refractivity contribution in [1.29, 1.82) is 0 Å². The highest BCUT2D eigenvalue weighted by molar-refractivity contribution is 5.80. The molecule has 144 valence electrons. The van der Waals surface area contributed by atoms with Crippen LogP contribution in [0.3, 0.4) is 0 Å². The quantitative estimate of drug-likeness (QED) is 0.324. The van der Waals surface area contributed by atoms with E-state index in [0.717, 1.165) is 57.2 Å². The maximum absolute atomic E-state index is 5.39. The number of hydrogen-bond acceptors (Lipinski definition) is 3. The van der Waals surface area contributed by atoms with Gasteiger partial charge in [0.2, 0.25) is 0 Å². The van der Waals surface area contributed by atoms with Crippen LogP contribution in [0.15, 0.2) is 27.8 Å². The molecular formula is C20H38N4O. The van der Waals surface area contributed by atoms with Gasteiger partial charge in [-0.1, -0.05) is 27.2 Å². The Balaban J connectivity index is 2.36. The van der Waals surface area contributed by atoms with Gasteiger partial charge in [0.25, 0.3) is 0 Å². The summed E-state index contributed by atoms with van der Waals surface area (Å²) in [6.45, 7) is 14.0. The molecule has 0 fully saturated rings. The van der Waals surface area contributed by atoms with Crippen LogP contribution >= 0.6 is 0 Å². The number of rotatable bonds is 13. The van der Waals surface area contributed by atoms with E-state index in [4.69, 9.17) is 9.41 Å². The van der Waals surface area contributed by atoms with Crippen molar-refractivity contribution in [3.8, 4) is 0 Å². The van der Waals surface area contributed by atoms with Crippen molar-refractivity contribution < 1.29 is 4.42 Å². The van der Waals surface area contributed by atoms with Crippen molar-refractivity contribution in [3.63, 3.8) is 0 Å². The second-order valence-electron chi connectivity index (χ2n) is 6.55. The fourth-order valence-electron chi connectivity index (χ4n) is 2.73. The minimum Gasteiger partial charge on any atom is -0.469 e. The number of guanidine groups is 1. The molecule has 0 spiro atoms. The molecule has 0 amide bonds. The van der Waals surface area contributed by atoms with Gasteiger partial charge in [0, 0.05) is 25.6 Å². The van der Waals surface area contributed by atoms with Crippen molar-refractivity contribution in [2.24, 2.45) is 4.99 Å². The summed E-state index contributed by atoms with van der Waals surface area (Å²) in [5.74, 6) is 1.93. The standard InChI is InChI=1S/C20H38N4O/c1-5-8-14-21-20(22-15-13-19-12-10-17-25-19)23-18(4)11-9-16-24(6-2)7-3/h10,12,17-18H,5-9,11,13-16H2,1-4H3,(H2,21,22,23). The summed E-state index contributed by atoms with van der Waals surface area (Å²) >= 11 is 0. The Kier molecular flexibility index (Phi) is 11.9.